The average molecular weight is 304 g/mol. The third-order valence-electron chi connectivity index (χ3n) is 2.93. The summed E-state index contributed by atoms with van der Waals surface area (Å²) in [6.45, 7) is 4.95. The Balaban J connectivity index is 2.91. The van der Waals surface area contributed by atoms with E-state index in [1.807, 2.05) is 0 Å². The second kappa shape index (κ2) is 8.61. The molecule has 1 aromatic rings. The molecule has 2 N–H and O–H groups in total. The number of hydrogen-bond acceptors (Lipinski definition) is 4. The van der Waals surface area contributed by atoms with E-state index in [-0.39, 0.29) is 11.5 Å². The van der Waals surface area contributed by atoms with Crippen molar-refractivity contribution in [3.05, 3.63) is 42.5 Å². The van der Waals surface area contributed by atoms with Crippen molar-refractivity contribution in [3.63, 3.8) is 0 Å². The Kier molecular flexibility index (Phi) is 6.82. The fourth-order valence-corrected chi connectivity index (χ4v) is 1.89. The van der Waals surface area contributed by atoms with Gasteiger partial charge in [-0.3, -0.25) is 9.59 Å². The highest BCUT2D eigenvalue weighted by Crippen LogP contribution is 2.15. The molecule has 1 atom stereocenters. The van der Waals surface area contributed by atoms with E-state index in [4.69, 9.17) is 0 Å². The van der Waals surface area contributed by atoms with E-state index in [9.17, 15) is 14.4 Å². The van der Waals surface area contributed by atoms with E-state index in [1.165, 1.54) is 14.0 Å². The van der Waals surface area contributed by atoms with Gasteiger partial charge in [0.2, 0.25) is 5.91 Å². The standard InChI is InChI=1S/C16H20N2O4/c1-4-5-9-14(16(21)22-3)18-15(20)12-8-6-7-10-13(12)17-11(2)19/h4,6-8,10,14H,1,5,9H2,2-3H3,(H,17,19)(H,18,20)/t14-/m1/s1. The smallest absolute Gasteiger partial charge is 0.328 e. The van der Waals surface area contributed by atoms with Crippen LogP contribution >= 0.6 is 0 Å². The Bertz CT molecular complexity index is 569. The molecule has 0 saturated heterocycles. The van der Waals surface area contributed by atoms with Gasteiger partial charge >= 0.3 is 5.97 Å². The summed E-state index contributed by atoms with van der Waals surface area (Å²) in [5, 5.41) is 5.20. The van der Waals surface area contributed by atoms with Crippen molar-refractivity contribution in [2.75, 3.05) is 12.4 Å². The van der Waals surface area contributed by atoms with E-state index in [0.717, 1.165) is 0 Å². The molecule has 0 aliphatic rings. The molecule has 118 valence electrons. The van der Waals surface area contributed by atoms with Gasteiger partial charge < -0.3 is 15.4 Å². The van der Waals surface area contributed by atoms with Gasteiger partial charge in [0.25, 0.3) is 5.91 Å². The second-order valence-electron chi connectivity index (χ2n) is 4.64. The molecule has 0 aliphatic carbocycles. The lowest BCUT2D eigenvalue weighted by molar-refractivity contribution is -0.143. The van der Waals surface area contributed by atoms with Crippen molar-refractivity contribution in [1.29, 1.82) is 0 Å². The van der Waals surface area contributed by atoms with Gasteiger partial charge in [0, 0.05) is 6.92 Å². The van der Waals surface area contributed by atoms with E-state index >= 15 is 0 Å². The lowest BCUT2D eigenvalue weighted by Crippen LogP contribution is -2.41. The van der Waals surface area contributed by atoms with E-state index in [0.29, 0.717) is 18.5 Å². The van der Waals surface area contributed by atoms with Gasteiger partial charge in [-0.05, 0) is 25.0 Å². The van der Waals surface area contributed by atoms with Gasteiger partial charge in [-0.15, -0.1) is 6.58 Å². The number of amides is 2. The number of ether oxygens (including phenoxy) is 1. The topological polar surface area (TPSA) is 84.5 Å². The van der Waals surface area contributed by atoms with Crippen LogP contribution in [-0.2, 0) is 14.3 Å². The first-order chi connectivity index (χ1) is 10.5. The molecule has 22 heavy (non-hydrogen) atoms. The highest BCUT2D eigenvalue weighted by molar-refractivity contribution is 6.04. The highest BCUT2D eigenvalue weighted by Gasteiger charge is 2.22. The largest absolute Gasteiger partial charge is 0.467 e. The van der Waals surface area contributed by atoms with Crippen LogP contribution in [0.1, 0.15) is 30.1 Å². The molecule has 0 radical (unpaired) electrons. The first-order valence-corrected chi connectivity index (χ1v) is 6.85. The number of methoxy groups -OCH3 is 1. The SMILES string of the molecule is C=CCC[C@@H](NC(=O)c1ccccc1NC(C)=O)C(=O)OC. The zero-order valence-electron chi connectivity index (χ0n) is 12.7. The Labute approximate surface area is 129 Å². The molecule has 0 spiro atoms. The second-order valence-corrected chi connectivity index (χ2v) is 4.64. The van der Waals surface area contributed by atoms with Gasteiger partial charge in [-0.1, -0.05) is 18.2 Å². The van der Waals surface area contributed by atoms with Crippen LogP contribution in [0.5, 0.6) is 0 Å². The van der Waals surface area contributed by atoms with Gasteiger partial charge in [-0.25, -0.2) is 4.79 Å². The van der Waals surface area contributed by atoms with Crippen molar-refractivity contribution >= 4 is 23.5 Å². The molecule has 1 rings (SSSR count). The molecule has 1 aromatic carbocycles. The number of carbonyl (C=O) groups excluding carboxylic acids is 3. The molecule has 2 amide bonds. The van der Waals surface area contributed by atoms with E-state index in [2.05, 4.69) is 21.9 Å². The molecule has 0 heterocycles. The molecule has 0 bridgehead atoms. The number of benzene rings is 1. The highest BCUT2D eigenvalue weighted by atomic mass is 16.5. The van der Waals surface area contributed by atoms with Crippen molar-refractivity contribution in [1.82, 2.24) is 5.32 Å². The monoisotopic (exact) mass is 304 g/mol. The number of nitrogens with one attached hydrogen (secondary N) is 2. The minimum absolute atomic E-state index is 0.281. The van der Waals surface area contributed by atoms with Gasteiger partial charge in [0.1, 0.15) is 6.04 Å². The normalized spacial score (nSPS) is 11.2. The third kappa shape index (κ3) is 5.05. The number of rotatable bonds is 7. The zero-order chi connectivity index (χ0) is 16.5. The molecule has 6 nitrogen and oxygen atoms in total. The molecule has 0 fully saturated rings. The number of esters is 1. The summed E-state index contributed by atoms with van der Waals surface area (Å²) in [6.07, 6.45) is 2.62. The van der Waals surface area contributed by atoms with E-state index < -0.39 is 17.9 Å². The Morgan fingerprint density at radius 2 is 2.00 bits per heavy atom. The lowest BCUT2D eigenvalue weighted by Gasteiger charge is -2.17. The van der Waals surface area contributed by atoms with Crippen molar-refractivity contribution in [3.8, 4) is 0 Å². The summed E-state index contributed by atoms with van der Waals surface area (Å²) in [6, 6.07) is 5.81. The number of allylic oxidation sites excluding steroid dienone is 1. The van der Waals surface area contributed by atoms with Gasteiger partial charge in [0.15, 0.2) is 0 Å². The van der Waals surface area contributed by atoms with Crippen molar-refractivity contribution in [2.24, 2.45) is 0 Å². The first kappa shape index (κ1) is 17.4. The number of anilines is 1. The summed E-state index contributed by atoms with van der Waals surface area (Å²) >= 11 is 0. The van der Waals surface area contributed by atoms with E-state index in [1.54, 1.807) is 30.3 Å². The van der Waals surface area contributed by atoms with Crippen LogP contribution in [0.2, 0.25) is 0 Å². The summed E-state index contributed by atoms with van der Waals surface area (Å²) in [5.41, 5.74) is 0.671. The summed E-state index contributed by atoms with van der Waals surface area (Å²) in [7, 11) is 1.26. The fourth-order valence-electron chi connectivity index (χ4n) is 1.89. The van der Waals surface area contributed by atoms with Gasteiger partial charge in [-0.2, -0.15) is 0 Å². The van der Waals surface area contributed by atoms with Crippen LogP contribution < -0.4 is 10.6 Å². The van der Waals surface area contributed by atoms with Crippen LogP contribution in [0.25, 0.3) is 0 Å². The van der Waals surface area contributed by atoms with Crippen LogP contribution in [0.4, 0.5) is 5.69 Å². The molecular formula is C16H20N2O4. The maximum Gasteiger partial charge on any atom is 0.328 e. The lowest BCUT2D eigenvalue weighted by atomic mass is 10.1. The molecule has 6 heteroatoms. The maximum absolute atomic E-state index is 12.3. The Hall–Kier alpha value is -2.63. The minimum Gasteiger partial charge on any atom is -0.467 e. The number of carbonyl (C=O) groups is 3. The van der Waals surface area contributed by atoms with Crippen LogP contribution in [0.15, 0.2) is 36.9 Å². The number of para-hydroxylation sites is 1. The summed E-state index contributed by atoms with van der Waals surface area (Å²) in [5.74, 6) is -1.26. The quantitative estimate of drug-likeness (QED) is 0.595. The molecular weight excluding hydrogens is 284 g/mol. The number of hydrogen-bond donors (Lipinski definition) is 2. The zero-order valence-corrected chi connectivity index (χ0v) is 12.7. The maximum atomic E-state index is 12.3. The van der Waals surface area contributed by atoms with Crippen LogP contribution in [0, 0.1) is 0 Å². The minimum atomic E-state index is -0.763. The third-order valence-corrected chi connectivity index (χ3v) is 2.93. The Morgan fingerprint density at radius 1 is 1.32 bits per heavy atom. The molecule has 0 unspecified atom stereocenters. The summed E-state index contributed by atoms with van der Waals surface area (Å²) < 4.78 is 4.68. The molecule has 0 aliphatic heterocycles. The van der Waals surface area contributed by atoms with Crippen LogP contribution in [-0.4, -0.2) is 30.9 Å². The molecule has 0 saturated carbocycles. The first-order valence-electron chi connectivity index (χ1n) is 6.85. The fraction of sp³-hybridized carbons (Fsp3) is 0.312. The predicted molar refractivity (Wildman–Crippen MR) is 83.4 cm³/mol. The van der Waals surface area contributed by atoms with Crippen molar-refractivity contribution in [2.45, 2.75) is 25.8 Å². The predicted octanol–water partition coefficient (Wildman–Crippen LogP) is 1.88. The van der Waals surface area contributed by atoms with Crippen molar-refractivity contribution < 1.29 is 19.1 Å². The molecule has 0 aromatic heterocycles. The van der Waals surface area contributed by atoms with Gasteiger partial charge in [0.05, 0.1) is 18.4 Å². The van der Waals surface area contributed by atoms with Crippen LogP contribution in [0.3, 0.4) is 0 Å². The Morgan fingerprint density at radius 3 is 2.59 bits per heavy atom. The average Bonchev–Trinajstić information content (AvgIpc) is 2.50. The summed E-state index contributed by atoms with van der Waals surface area (Å²) in [4.78, 5) is 35.2.